The minimum absolute atomic E-state index is 0.00372. The molecule has 112 valence electrons. The SMILES string of the molecule is CS(=O)(=O)c1csc(NC(=O)c2cc(Cl)c(O)cc2F)n1. The summed E-state index contributed by atoms with van der Waals surface area (Å²) in [5.41, 5.74) is -0.395. The zero-order valence-electron chi connectivity index (χ0n) is 10.4. The highest BCUT2D eigenvalue weighted by atomic mass is 35.5. The Morgan fingerprint density at radius 2 is 2.14 bits per heavy atom. The molecule has 0 fully saturated rings. The summed E-state index contributed by atoms with van der Waals surface area (Å²) in [5, 5.41) is 12.4. The number of hydrogen-bond acceptors (Lipinski definition) is 6. The summed E-state index contributed by atoms with van der Waals surface area (Å²) < 4.78 is 36.1. The van der Waals surface area contributed by atoms with E-state index < -0.39 is 32.9 Å². The number of halogens is 2. The third kappa shape index (κ3) is 3.49. The Kier molecular flexibility index (Phi) is 4.17. The van der Waals surface area contributed by atoms with Crippen LogP contribution in [0.4, 0.5) is 9.52 Å². The summed E-state index contributed by atoms with van der Waals surface area (Å²) in [4.78, 5) is 15.6. The molecule has 0 unspecified atom stereocenters. The lowest BCUT2D eigenvalue weighted by Crippen LogP contribution is -2.14. The number of hydrogen-bond donors (Lipinski definition) is 2. The summed E-state index contributed by atoms with van der Waals surface area (Å²) in [6.45, 7) is 0. The maximum absolute atomic E-state index is 13.6. The van der Waals surface area contributed by atoms with Crippen LogP contribution in [0.2, 0.25) is 5.02 Å². The average Bonchev–Trinajstić information content (AvgIpc) is 2.82. The second-order valence-electron chi connectivity index (χ2n) is 4.00. The van der Waals surface area contributed by atoms with E-state index in [9.17, 15) is 22.7 Å². The third-order valence-electron chi connectivity index (χ3n) is 2.36. The molecule has 1 aromatic carbocycles. The zero-order chi connectivity index (χ0) is 15.8. The van der Waals surface area contributed by atoms with Crippen molar-refractivity contribution < 1.29 is 22.7 Å². The fourth-order valence-corrected chi connectivity index (χ4v) is 3.25. The number of phenols is 1. The first-order valence-corrected chi connectivity index (χ1v) is 8.48. The average molecular weight is 351 g/mol. The highest BCUT2D eigenvalue weighted by Gasteiger charge is 2.18. The number of carbonyl (C=O) groups is 1. The van der Waals surface area contributed by atoms with Crippen LogP contribution in [0, 0.1) is 5.82 Å². The molecule has 1 amide bonds. The Hall–Kier alpha value is -1.71. The molecule has 0 aliphatic rings. The van der Waals surface area contributed by atoms with Crippen molar-refractivity contribution in [3.8, 4) is 5.75 Å². The van der Waals surface area contributed by atoms with Gasteiger partial charge in [-0.3, -0.25) is 10.1 Å². The molecule has 0 bridgehead atoms. The number of nitrogens with zero attached hydrogens (tertiary/aromatic N) is 1. The Morgan fingerprint density at radius 1 is 1.48 bits per heavy atom. The van der Waals surface area contributed by atoms with Gasteiger partial charge in [0.05, 0.1) is 10.6 Å². The molecule has 0 spiro atoms. The van der Waals surface area contributed by atoms with Crippen LogP contribution in [0.5, 0.6) is 5.75 Å². The van der Waals surface area contributed by atoms with Gasteiger partial charge in [-0.1, -0.05) is 11.6 Å². The lowest BCUT2D eigenvalue weighted by molar-refractivity contribution is 0.102. The zero-order valence-corrected chi connectivity index (χ0v) is 12.8. The Balaban J connectivity index is 2.26. The molecule has 2 aromatic rings. The number of carbonyl (C=O) groups excluding carboxylic acids is 1. The number of thiazole rings is 1. The van der Waals surface area contributed by atoms with Crippen LogP contribution in [0.1, 0.15) is 10.4 Å². The van der Waals surface area contributed by atoms with Crippen LogP contribution in [0.25, 0.3) is 0 Å². The van der Waals surface area contributed by atoms with Crippen LogP contribution in [-0.2, 0) is 9.84 Å². The molecule has 0 saturated heterocycles. The number of sulfone groups is 1. The summed E-state index contributed by atoms with van der Waals surface area (Å²) in [6, 6.07) is 1.67. The van der Waals surface area contributed by atoms with Gasteiger partial charge in [-0.05, 0) is 6.07 Å². The second kappa shape index (κ2) is 5.58. The van der Waals surface area contributed by atoms with Gasteiger partial charge in [-0.25, -0.2) is 17.8 Å². The summed E-state index contributed by atoms with van der Waals surface area (Å²) in [7, 11) is -3.48. The van der Waals surface area contributed by atoms with Gasteiger partial charge >= 0.3 is 0 Å². The fourth-order valence-electron chi connectivity index (χ4n) is 1.36. The number of aromatic hydroxyl groups is 1. The van der Waals surface area contributed by atoms with Crippen molar-refractivity contribution in [1.82, 2.24) is 4.98 Å². The number of amides is 1. The van der Waals surface area contributed by atoms with E-state index in [1.807, 2.05) is 0 Å². The predicted molar refractivity (Wildman–Crippen MR) is 76.3 cm³/mol. The molecular formula is C11H8ClFN2O4S2. The van der Waals surface area contributed by atoms with E-state index in [0.29, 0.717) is 6.07 Å². The quantitative estimate of drug-likeness (QED) is 0.885. The van der Waals surface area contributed by atoms with Gasteiger partial charge < -0.3 is 5.11 Å². The largest absolute Gasteiger partial charge is 0.506 e. The molecule has 1 heterocycles. The number of phenolic OH excluding ortho intramolecular Hbond substituents is 1. The van der Waals surface area contributed by atoms with Crippen molar-refractivity contribution in [3.05, 3.63) is 33.9 Å². The van der Waals surface area contributed by atoms with E-state index in [4.69, 9.17) is 11.6 Å². The highest BCUT2D eigenvalue weighted by Crippen LogP contribution is 2.27. The van der Waals surface area contributed by atoms with Gasteiger partial charge in [-0.15, -0.1) is 11.3 Å². The molecule has 0 aliphatic carbocycles. The number of rotatable bonds is 3. The van der Waals surface area contributed by atoms with Gasteiger partial charge in [0.1, 0.15) is 11.6 Å². The number of benzene rings is 1. The lowest BCUT2D eigenvalue weighted by Gasteiger charge is -2.05. The molecule has 0 atom stereocenters. The van der Waals surface area contributed by atoms with Gasteiger partial charge in [0.2, 0.25) is 0 Å². The number of aromatic nitrogens is 1. The van der Waals surface area contributed by atoms with Crippen molar-refractivity contribution in [2.45, 2.75) is 5.03 Å². The van der Waals surface area contributed by atoms with E-state index in [0.717, 1.165) is 23.7 Å². The Morgan fingerprint density at radius 3 is 2.71 bits per heavy atom. The Bertz CT molecular complexity index is 820. The van der Waals surface area contributed by atoms with Crippen LogP contribution >= 0.6 is 22.9 Å². The van der Waals surface area contributed by atoms with Crippen LogP contribution in [0.3, 0.4) is 0 Å². The van der Waals surface area contributed by atoms with E-state index in [-0.39, 0.29) is 15.2 Å². The predicted octanol–water partition coefficient (Wildman–Crippen LogP) is 2.30. The molecule has 6 nitrogen and oxygen atoms in total. The van der Waals surface area contributed by atoms with Gasteiger partial charge in [0, 0.05) is 17.7 Å². The minimum Gasteiger partial charge on any atom is -0.506 e. The molecule has 1 aromatic heterocycles. The fraction of sp³-hybridized carbons (Fsp3) is 0.0909. The topological polar surface area (TPSA) is 96.4 Å². The monoisotopic (exact) mass is 350 g/mol. The molecule has 0 radical (unpaired) electrons. The van der Waals surface area contributed by atoms with Crippen molar-refractivity contribution in [2.24, 2.45) is 0 Å². The molecule has 10 heteroatoms. The lowest BCUT2D eigenvalue weighted by atomic mass is 10.2. The van der Waals surface area contributed by atoms with Crippen LogP contribution < -0.4 is 5.32 Å². The smallest absolute Gasteiger partial charge is 0.260 e. The van der Waals surface area contributed by atoms with E-state index in [2.05, 4.69) is 10.3 Å². The molecular weight excluding hydrogens is 343 g/mol. The molecule has 21 heavy (non-hydrogen) atoms. The maximum Gasteiger partial charge on any atom is 0.260 e. The highest BCUT2D eigenvalue weighted by molar-refractivity contribution is 7.90. The first kappa shape index (κ1) is 15.7. The summed E-state index contributed by atoms with van der Waals surface area (Å²) >= 11 is 6.49. The van der Waals surface area contributed by atoms with Crippen molar-refractivity contribution in [2.75, 3.05) is 11.6 Å². The van der Waals surface area contributed by atoms with Gasteiger partial charge in [0.15, 0.2) is 20.0 Å². The van der Waals surface area contributed by atoms with Crippen molar-refractivity contribution in [1.29, 1.82) is 0 Å². The first-order valence-electron chi connectivity index (χ1n) is 5.33. The standard InChI is InChI=1S/C11H8ClFN2O4S2/c1-21(18,19)9-4-20-11(14-9)15-10(17)5-2-6(12)8(16)3-7(5)13/h2-4,16H,1H3,(H,14,15,17). The van der Waals surface area contributed by atoms with Crippen LogP contribution in [-0.4, -0.2) is 30.7 Å². The number of nitrogens with one attached hydrogen (secondary N) is 1. The van der Waals surface area contributed by atoms with Crippen molar-refractivity contribution in [3.63, 3.8) is 0 Å². The van der Waals surface area contributed by atoms with E-state index in [1.165, 1.54) is 5.38 Å². The van der Waals surface area contributed by atoms with Crippen LogP contribution in [0.15, 0.2) is 22.5 Å². The normalized spacial score (nSPS) is 11.4. The maximum atomic E-state index is 13.6. The first-order chi connectivity index (χ1) is 9.68. The Labute approximate surface area is 128 Å². The molecule has 0 saturated carbocycles. The second-order valence-corrected chi connectivity index (χ2v) is 7.23. The van der Waals surface area contributed by atoms with Gasteiger partial charge in [0.25, 0.3) is 5.91 Å². The van der Waals surface area contributed by atoms with Crippen molar-refractivity contribution >= 4 is 43.8 Å². The third-order valence-corrected chi connectivity index (χ3v) is 4.54. The van der Waals surface area contributed by atoms with E-state index >= 15 is 0 Å². The summed E-state index contributed by atoms with van der Waals surface area (Å²) in [5.74, 6) is -2.31. The molecule has 2 rings (SSSR count). The molecule has 0 aliphatic heterocycles. The minimum atomic E-state index is -3.48. The number of anilines is 1. The van der Waals surface area contributed by atoms with E-state index in [1.54, 1.807) is 0 Å². The summed E-state index contributed by atoms with van der Waals surface area (Å²) in [6.07, 6.45) is 0.979. The molecule has 2 N–H and O–H groups in total. The van der Waals surface area contributed by atoms with Gasteiger partial charge in [-0.2, -0.15) is 0 Å².